The Morgan fingerprint density at radius 1 is 1.53 bits per heavy atom. The molecule has 0 aliphatic carbocycles. The summed E-state index contributed by atoms with van der Waals surface area (Å²) < 4.78 is 12.9. The first-order valence-corrected chi connectivity index (χ1v) is 5.98. The maximum Gasteiger partial charge on any atom is 0.224 e. The number of halogens is 1. The van der Waals surface area contributed by atoms with Gasteiger partial charge in [-0.25, -0.2) is 4.39 Å². The zero-order chi connectivity index (χ0) is 12.1. The van der Waals surface area contributed by atoms with Gasteiger partial charge in [0.15, 0.2) is 0 Å². The predicted octanol–water partition coefficient (Wildman–Crippen LogP) is 1.44. The maximum absolute atomic E-state index is 12.9. The third-order valence-electron chi connectivity index (χ3n) is 3.02. The van der Waals surface area contributed by atoms with E-state index in [1.54, 1.807) is 6.07 Å². The van der Waals surface area contributed by atoms with E-state index in [0.717, 1.165) is 31.5 Å². The summed E-state index contributed by atoms with van der Waals surface area (Å²) in [4.78, 5) is 11.8. The van der Waals surface area contributed by atoms with Crippen LogP contribution in [0.3, 0.4) is 0 Å². The SMILES string of the molecule is O=C(NCc1cccc(F)c1)[C@@H]1CCCNC1. The molecular weight excluding hydrogens is 219 g/mol. The normalized spacial score (nSPS) is 19.9. The molecule has 1 aliphatic heterocycles. The van der Waals surface area contributed by atoms with Crippen molar-refractivity contribution in [3.05, 3.63) is 35.6 Å². The van der Waals surface area contributed by atoms with Crippen LogP contribution in [0.4, 0.5) is 4.39 Å². The summed E-state index contributed by atoms with van der Waals surface area (Å²) in [6.45, 7) is 2.13. The van der Waals surface area contributed by atoms with E-state index >= 15 is 0 Å². The van der Waals surface area contributed by atoms with Gasteiger partial charge >= 0.3 is 0 Å². The number of carbonyl (C=O) groups excluding carboxylic acids is 1. The Hall–Kier alpha value is -1.42. The minimum Gasteiger partial charge on any atom is -0.352 e. The fourth-order valence-electron chi connectivity index (χ4n) is 2.06. The Morgan fingerprint density at radius 2 is 2.41 bits per heavy atom. The fraction of sp³-hybridized carbons (Fsp3) is 0.462. The second kappa shape index (κ2) is 5.77. The first kappa shape index (κ1) is 12.0. The van der Waals surface area contributed by atoms with Gasteiger partial charge in [-0.05, 0) is 37.1 Å². The van der Waals surface area contributed by atoms with Crippen molar-refractivity contribution in [3.8, 4) is 0 Å². The van der Waals surface area contributed by atoms with Gasteiger partial charge in [-0.2, -0.15) is 0 Å². The molecule has 1 aromatic rings. The highest BCUT2D eigenvalue weighted by molar-refractivity contribution is 5.78. The molecule has 2 rings (SSSR count). The Balaban J connectivity index is 1.83. The molecule has 1 aliphatic rings. The number of amides is 1. The summed E-state index contributed by atoms with van der Waals surface area (Å²) >= 11 is 0. The molecule has 0 unspecified atom stereocenters. The van der Waals surface area contributed by atoms with Gasteiger partial charge in [0.05, 0.1) is 5.92 Å². The van der Waals surface area contributed by atoms with E-state index in [9.17, 15) is 9.18 Å². The molecule has 2 N–H and O–H groups in total. The largest absolute Gasteiger partial charge is 0.352 e. The Morgan fingerprint density at radius 3 is 3.12 bits per heavy atom. The summed E-state index contributed by atoms with van der Waals surface area (Å²) in [5, 5.41) is 6.05. The van der Waals surface area contributed by atoms with Crippen LogP contribution in [0.25, 0.3) is 0 Å². The van der Waals surface area contributed by atoms with E-state index < -0.39 is 0 Å². The van der Waals surface area contributed by atoms with Crippen molar-refractivity contribution in [3.63, 3.8) is 0 Å². The van der Waals surface area contributed by atoms with Crippen LogP contribution in [-0.4, -0.2) is 19.0 Å². The second-order valence-electron chi connectivity index (χ2n) is 4.39. The van der Waals surface area contributed by atoms with Crippen molar-refractivity contribution in [2.24, 2.45) is 5.92 Å². The fourth-order valence-corrected chi connectivity index (χ4v) is 2.06. The molecule has 4 heteroatoms. The zero-order valence-corrected chi connectivity index (χ0v) is 9.71. The number of carbonyl (C=O) groups is 1. The van der Waals surface area contributed by atoms with Gasteiger partial charge in [-0.3, -0.25) is 4.79 Å². The van der Waals surface area contributed by atoms with Crippen molar-refractivity contribution in [1.29, 1.82) is 0 Å². The topological polar surface area (TPSA) is 41.1 Å². The first-order valence-electron chi connectivity index (χ1n) is 5.98. The first-order chi connectivity index (χ1) is 8.25. The number of hydrogen-bond acceptors (Lipinski definition) is 2. The number of benzene rings is 1. The van der Waals surface area contributed by atoms with Crippen LogP contribution in [0.1, 0.15) is 18.4 Å². The van der Waals surface area contributed by atoms with Gasteiger partial charge in [0.25, 0.3) is 0 Å². The van der Waals surface area contributed by atoms with E-state index in [1.165, 1.54) is 12.1 Å². The molecule has 3 nitrogen and oxygen atoms in total. The highest BCUT2D eigenvalue weighted by Crippen LogP contribution is 2.10. The molecular formula is C13H17FN2O. The number of piperidine rings is 1. The zero-order valence-electron chi connectivity index (χ0n) is 9.71. The van der Waals surface area contributed by atoms with Crippen molar-refractivity contribution in [1.82, 2.24) is 10.6 Å². The second-order valence-corrected chi connectivity index (χ2v) is 4.39. The molecule has 0 radical (unpaired) electrons. The monoisotopic (exact) mass is 236 g/mol. The molecule has 0 aromatic heterocycles. The lowest BCUT2D eigenvalue weighted by Crippen LogP contribution is -2.40. The lowest BCUT2D eigenvalue weighted by molar-refractivity contribution is -0.125. The van der Waals surface area contributed by atoms with Gasteiger partial charge in [0.2, 0.25) is 5.91 Å². The van der Waals surface area contributed by atoms with Gasteiger partial charge in [0.1, 0.15) is 5.82 Å². The average Bonchev–Trinajstić information content (AvgIpc) is 2.37. The van der Waals surface area contributed by atoms with Crippen LogP contribution < -0.4 is 10.6 Å². The summed E-state index contributed by atoms with van der Waals surface area (Å²) in [6.07, 6.45) is 1.97. The number of hydrogen-bond donors (Lipinski definition) is 2. The van der Waals surface area contributed by atoms with Crippen LogP contribution >= 0.6 is 0 Å². The highest BCUT2D eigenvalue weighted by atomic mass is 19.1. The highest BCUT2D eigenvalue weighted by Gasteiger charge is 2.20. The standard InChI is InChI=1S/C13H17FN2O/c14-12-5-1-3-10(7-12)8-16-13(17)11-4-2-6-15-9-11/h1,3,5,7,11,15H,2,4,6,8-9H2,(H,16,17)/t11-/m1/s1. The lowest BCUT2D eigenvalue weighted by atomic mass is 9.99. The Kier molecular flexibility index (Phi) is 4.09. The number of nitrogens with one attached hydrogen (secondary N) is 2. The summed E-state index contributed by atoms with van der Waals surface area (Å²) in [5.74, 6) is -0.158. The molecule has 0 bridgehead atoms. The molecule has 1 fully saturated rings. The summed E-state index contributed by atoms with van der Waals surface area (Å²) in [7, 11) is 0. The van der Waals surface area contributed by atoms with E-state index in [0.29, 0.717) is 6.54 Å². The summed E-state index contributed by atoms with van der Waals surface area (Å²) in [6, 6.07) is 6.30. The Labute approximate surface area is 100 Å². The van der Waals surface area contributed by atoms with E-state index in [4.69, 9.17) is 0 Å². The molecule has 0 saturated carbocycles. The van der Waals surface area contributed by atoms with Crippen molar-refractivity contribution in [2.45, 2.75) is 19.4 Å². The molecule has 1 amide bonds. The van der Waals surface area contributed by atoms with Crippen LogP contribution in [-0.2, 0) is 11.3 Å². The molecule has 1 aromatic carbocycles. The molecule has 1 atom stereocenters. The average molecular weight is 236 g/mol. The van der Waals surface area contributed by atoms with E-state index in [1.807, 2.05) is 6.07 Å². The van der Waals surface area contributed by atoms with E-state index in [-0.39, 0.29) is 17.6 Å². The van der Waals surface area contributed by atoms with Gasteiger partial charge in [-0.15, -0.1) is 0 Å². The van der Waals surface area contributed by atoms with Crippen molar-refractivity contribution >= 4 is 5.91 Å². The predicted molar refractivity (Wildman–Crippen MR) is 63.8 cm³/mol. The number of rotatable bonds is 3. The van der Waals surface area contributed by atoms with Crippen LogP contribution in [0.15, 0.2) is 24.3 Å². The third-order valence-corrected chi connectivity index (χ3v) is 3.02. The lowest BCUT2D eigenvalue weighted by Gasteiger charge is -2.21. The molecule has 92 valence electrons. The van der Waals surface area contributed by atoms with Gasteiger partial charge < -0.3 is 10.6 Å². The minimum atomic E-state index is -0.268. The minimum absolute atomic E-state index is 0.0531. The van der Waals surface area contributed by atoms with Gasteiger partial charge in [0, 0.05) is 13.1 Å². The molecule has 1 saturated heterocycles. The molecule has 1 heterocycles. The Bertz CT molecular complexity index is 389. The van der Waals surface area contributed by atoms with Crippen LogP contribution in [0.5, 0.6) is 0 Å². The van der Waals surface area contributed by atoms with Crippen LogP contribution in [0, 0.1) is 11.7 Å². The molecule has 17 heavy (non-hydrogen) atoms. The van der Waals surface area contributed by atoms with Crippen LogP contribution in [0.2, 0.25) is 0 Å². The third kappa shape index (κ3) is 3.53. The van der Waals surface area contributed by atoms with Gasteiger partial charge in [-0.1, -0.05) is 12.1 Å². The summed E-state index contributed by atoms with van der Waals surface area (Å²) in [5.41, 5.74) is 0.794. The maximum atomic E-state index is 12.9. The van der Waals surface area contributed by atoms with Crippen molar-refractivity contribution < 1.29 is 9.18 Å². The smallest absolute Gasteiger partial charge is 0.224 e. The molecule has 0 spiro atoms. The van der Waals surface area contributed by atoms with Crippen molar-refractivity contribution in [2.75, 3.05) is 13.1 Å². The quantitative estimate of drug-likeness (QED) is 0.834. The van der Waals surface area contributed by atoms with E-state index in [2.05, 4.69) is 10.6 Å².